The number of anilines is 3. The van der Waals surface area contributed by atoms with Crippen molar-refractivity contribution in [2.75, 3.05) is 17.2 Å². The van der Waals surface area contributed by atoms with E-state index in [2.05, 4.69) is 43.3 Å². The average Bonchev–Trinajstić information content (AvgIpc) is 2.81. The molecule has 0 aliphatic heterocycles. The van der Waals surface area contributed by atoms with Crippen LogP contribution in [-0.2, 0) is 6.54 Å². The van der Waals surface area contributed by atoms with Crippen LogP contribution in [0.2, 0.25) is 0 Å². The maximum Gasteiger partial charge on any atom is 0.229 e. The number of hydrogen-bond donors (Lipinski definition) is 5. The molecule has 9 nitrogen and oxygen atoms in total. The van der Waals surface area contributed by atoms with E-state index < -0.39 is 5.60 Å². The molecule has 2 atom stereocenters. The smallest absolute Gasteiger partial charge is 0.229 e. The summed E-state index contributed by atoms with van der Waals surface area (Å²) in [5.74, 6) is 8.93. The summed E-state index contributed by atoms with van der Waals surface area (Å²) in [7, 11) is 0. The predicted octanol–water partition coefficient (Wildman–Crippen LogP) is 3.54. The zero-order chi connectivity index (χ0) is 24.6. The van der Waals surface area contributed by atoms with Gasteiger partial charge in [0.05, 0.1) is 28.9 Å². The first-order valence-corrected chi connectivity index (χ1v) is 12.8. The van der Waals surface area contributed by atoms with Gasteiger partial charge in [-0.15, -0.1) is 0 Å². The number of rotatable bonds is 9. The van der Waals surface area contributed by atoms with E-state index in [9.17, 15) is 10.2 Å². The molecule has 4 aliphatic rings. The van der Waals surface area contributed by atoms with Crippen molar-refractivity contribution in [3.05, 3.63) is 52.4 Å². The lowest BCUT2D eigenvalue weighted by molar-refractivity contribution is -0.129. The molecule has 186 valence electrons. The average molecular weight is 542 g/mol. The van der Waals surface area contributed by atoms with Crippen LogP contribution in [-0.4, -0.2) is 50.2 Å². The second-order valence-electron chi connectivity index (χ2n) is 10.2. The Labute approximate surface area is 213 Å². The summed E-state index contributed by atoms with van der Waals surface area (Å²) in [6.45, 7) is 3.63. The molecular formula is C25H32BrN7O2. The summed E-state index contributed by atoms with van der Waals surface area (Å²) in [4.78, 5) is 12.9. The van der Waals surface area contributed by atoms with Gasteiger partial charge in [-0.2, -0.15) is 4.98 Å². The molecular weight excluding hydrogens is 510 g/mol. The van der Waals surface area contributed by atoms with E-state index in [4.69, 9.17) is 10.8 Å². The third-order valence-corrected chi connectivity index (χ3v) is 8.10. The molecule has 4 aliphatic carbocycles. The third kappa shape index (κ3) is 5.35. The monoisotopic (exact) mass is 541 g/mol. The van der Waals surface area contributed by atoms with Crippen molar-refractivity contribution < 1.29 is 10.2 Å². The topological polar surface area (TPSA) is 132 Å². The number of aliphatic hydroxyl groups is 2. The Balaban J connectivity index is 1.27. The first kappa shape index (κ1) is 24.2. The molecule has 6 rings (SSSR count). The van der Waals surface area contributed by atoms with E-state index in [-0.39, 0.29) is 6.61 Å². The minimum atomic E-state index is -0.452. The molecule has 1 aromatic carbocycles. The van der Waals surface area contributed by atoms with Crippen molar-refractivity contribution in [3.8, 4) is 0 Å². The number of hydrogen-bond acceptors (Lipinski definition) is 9. The van der Waals surface area contributed by atoms with Crippen LogP contribution >= 0.6 is 15.9 Å². The van der Waals surface area contributed by atoms with Crippen LogP contribution in [0.15, 0.2) is 51.8 Å². The van der Waals surface area contributed by atoms with Gasteiger partial charge in [-0.05, 0) is 90.2 Å². The van der Waals surface area contributed by atoms with Gasteiger partial charge in [0.25, 0.3) is 0 Å². The predicted molar refractivity (Wildman–Crippen MR) is 140 cm³/mol. The number of hydrazine groups is 1. The van der Waals surface area contributed by atoms with Gasteiger partial charge in [0.2, 0.25) is 5.95 Å². The van der Waals surface area contributed by atoms with Crippen molar-refractivity contribution in [2.24, 2.45) is 28.6 Å². The summed E-state index contributed by atoms with van der Waals surface area (Å²) in [5.41, 5.74) is 1.76. The second-order valence-corrected chi connectivity index (χ2v) is 11.0. The maximum atomic E-state index is 10.9. The normalized spacial score (nSPS) is 29.2. The Kier molecular flexibility index (Phi) is 6.80. The fourth-order valence-corrected chi connectivity index (χ4v) is 6.67. The van der Waals surface area contributed by atoms with Crippen molar-refractivity contribution in [2.45, 2.75) is 50.3 Å². The van der Waals surface area contributed by atoms with Crippen LogP contribution in [0.4, 0.5) is 17.5 Å². The molecule has 0 saturated heterocycles. The van der Waals surface area contributed by atoms with Gasteiger partial charge in [0.1, 0.15) is 5.82 Å². The number of aliphatic imine (C=N–C) groups is 1. The van der Waals surface area contributed by atoms with Crippen molar-refractivity contribution in [3.63, 3.8) is 0 Å². The second kappa shape index (κ2) is 9.85. The van der Waals surface area contributed by atoms with Gasteiger partial charge in [-0.3, -0.25) is 4.99 Å². The Morgan fingerprint density at radius 3 is 2.77 bits per heavy atom. The molecule has 10 heteroatoms. The largest absolute Gasteiger partial charge is 0.390 e. The van der Waals surface area contributed by atoms with E-state index in [1.165, 1.54) is 17.9 Å². The fraction of sp³-hybridized carbons (Fsp3) is 0.480. The van der Waals surface area contributed by atoms with E-state index in [1.54, 1.807) is 12.4 Å². The molecule has 1 aromatic heterocycles. The van der Waals surface area contributed by atoms with E-state index >= 15 is 0 Å². The zero-order valence-corrected chi connectivity index (χ0v) is 21.2. The lowest BCUT2D eigenvalue weighted by Crippen LogP contribution is -2.59. The molecule has 4 fully saturated rings. The molecule has 1 heterocycles. The van der Waals surface area contributed by atoms with Crippen LogP contribution in [0, 0.1) is 17.8 Å². The molecule has 6 N–H and O–H groups in total. The summed E-state index contributed by atoms with van der Waals surface area (Å²) >= 11 is 3.60. The van der Waals surface area contributed by atoms with Crippen LogP contribution in [0.5, 0.6) is 0 Å². The summed E-state index contributed by atoms with van der Waals surface area (Å²) < 4.78 is 0.824. The number of halogens is 1. The van der Waals surface area contributed by atoms with Crippen LogP contribution < -0.4 is 16.5 Å². The Morgan fingerprint density at radius 2 is 2.09 bits per heavy atom. The molecule has 0 spiro atoms. The maximum absolute atomic E-state index is 10.9. The third-order valence-electron chi connectivity index (χ3n) is 7.52. The summed E-state index contributed by atoms with van der Waals surface area (Å²) in [6.07, 6.45) is 8.44. The molecule has 4 saturated carbocycles. The van der Waals surface area contributed by atoms with Crippen LogP contribution in [0.3, 0.4) is 0 Å². The molecule has 0 amide bonds. The Hall–Kier alpha value is -2.53. The van der Waals surface area contributed by atoms with Crippen molar-refractivity contribution >= 4 is 40.1 Å². The highest BCUT2D eigenvalue weighted by molar-refractivity contribution is 9.10. The summed E-state index contributed by atoms with van der Waals surface area (Å²) in [5, 5.41) is 28.6. The van der Waals surface area contributed by atoms with E-state index in [1.807, 2.05) is 24.3 Å². The number of nitrogens with zero attached hydrogens (tertiary/aromatic N) is 4. The fourth-order valence-electron chi connectivity index (χ4n) is 6.36. The van der Waals surface area contributed by atoms with Gasteiger partial charge in [-0.1, -0.05) is 12.1 Å². The first-order valence-electron chi connectivity index (χ1n) is 12.0. The zero-order valence-electron chi connectivity index (χ0n) is 19.6. The minimum absolute atomic E-state index is 0.222. The number of nitrogens with two attached hydrogens (primary N) is 1. The van der Waals surface area contributed by atoms with Crippen molar-refractivity contribution in [1.29, 1.82) is 0 Å². The molecule has 0 radical (unpaired) electrons. The molecule has 2 aromatic rings. The molecule has 2 unspecified atom stereocenters. The lowest BCUT2D eigenvalue weighted by atomic mass is 9.52. The number of aliphatic hydroxyl groups excluding tert-OH is 1. The minimum Gasteiger partial charge on any atom is -0.390 e. The summed E-state index contributed by atoms with van der Waals surface area (Å²) in [6, 6.07) is 8.15. The Bertz CT molecular complexity index is 1110. The van der Waals surface area contributed by atoms with Crippen LogP contribution in [0.25, 0.3) is 0 Å². The standard InChI is InChI=1S/C25H32BrN7O2/c1-28-20(14-34)13-33(27)12-15-3-2-4-19(7-15)30-24-29-11-21(26)23(32-24)31-22-17-5-16-6-18(22)10-25(35,8-16)9-17/h2-4,7,11,13,16-18,22,34-35H,1,5-6,8-10,12,14,27H2,(H2,29,30,31,32)/b20-13-/t16?,17?,18?,22-,25+. The highest BCUT2D eigenvalue weighted by Gasteiger charge is 2.54. The highest BCUT2D eigenvalue weighted by atomic mass is 79.9. The molecule has 4 bridgehead atoms. The van der Waals surface area contributed by atoms with Gasteiger partial charge in [0.15, 0.2) is 0 Å². The first-order chi connectivity index (χ1) is 16.8. The Morgan fingerprint density at radius 1 is 1.31 bits per heavy atom. The van der Waals surface area contributed by atoms with Crippen molar-refractivity contribution in [1.82, 2.24) is 15.0 Å². The highest BCUT2D eigenvalue weighted by Crippen LogP contribution is 2.56. The van der Waals surface area contributed by atoms with Gasteiger partial charge < -0.3 is 25.9 Å². The van der Waals surface area contributed by atoms with E-state index in [0.29, 0.717) is 42.0 Å². The van der Waals surface area contributed by atoms with Gasteiger partial charge in [0, 0.05) is 24.1 Å². The SMILES string of the molecule is C=N/C(=C\N(N)Cc1cccc(Nc2ncc(Br)c(N[C@H]3C4CC5CC3C[C@@](O)(C5)C4)n2)c1)CO. The lowest BCUT2D eigenvalue weighted by Gasteiger charge is -2.58. The van der Waals surface area contributed by atoms with Gasteiger partial charge in [-0.25, -0.2) is 10.8 Å². The number of aromatic nitrogens is 2. The quantitative estimate of drug-likeness (QED) is 0.185. The number of nitrogens with one attached hydrogen (secondary N) is 2. The van der Waals surface area contributed by atoms with Crippen LogP contribution in [0.1, 0.15) is 37.7 Å². The van der Waals surface area contributed by atoms with E-state index in [0.717, 1.165) is 40.8 Å². The van der Waals surface area contributed by atoms with Gasteiger partial charge >= 0.3 is 0 Å². The number of benzene rings is 1. The molecule has 35 heavy (non-hydrogen) atoms.